The van der Waals surface area contributed by atoms with E-state index in [1.54, 1.807) is 0 Å². The van der Waals surface area contributed by atoms with Gasteiger partial charge in [-0.2, -0.15) is 0 Å². The van der Waals surface area contributed by atoms with E-state index in [2.05, 4.69) is 54.0 Å². The van der Waals surface area contributed by atoms with Gasteiger partial charge in [0, 0.05) is 6.04 Å². The van der Waals surface area contributed by atoms with Crippen molar-refractivity contribution < 1.29 is 4.79 Å². The number of hydrogen-bond donors (Lipinski definition) is 2. The van der Waals surface area contributed by atoms with Gasteiger partial charge in [0.2, 0.25) is 5.91 Å². The van der Waals surface area contributed by atoms with E-state index in [0.29, 0.717) is 6.04 Å². The van der Waals surface area contributed by atoms with Crippen molar-refractivity contribution in [2.24, 2.45) is 0 Å². The van der Waals surface area contributed by atoms with Crippen LogP contribution in [0.5, 0.6) is 0 Å². The zero-order valence-electron chi connectivity index (χ0n) is 15.2. The minimum Gasteiger partial charge on any atom is -0.352 e. The van der Waals surface area contributed by atoms with E-state index in [1.807, 2.05) is 25.1 Å². The highest BCUT2D eigenvalue weighted by molar-refractivity contribution is 5.81. The molecule has 2 aromatic carbocycles. The Balaban J connectivity index is 1.75. The Kier molecular flexibility index (Phi) is 5.87. The third kappa shape index (κ3) is 4.70. The van der Waals surface area contributed by atoms with Gasteiger partial charge in [-0.15, -0.1) is 0 Å². The molecule has 1 aliphatic rings. The number of hydrogen-bond acceptors (Lipinski definition) is 2. The molecule has 132 valence electrons. The summed E-state index contributed by atoms with van der Waals surface area (Å²) in [5.74, 6) is 0.0972. The molecule has 1 fully saturated rings. The maximum atomic E-state index is 12.6. The maximum Gasteiger partial charge on any atom is 0.237 e. The molecule has 0 radical (unpaired) electrons. The van der Waals surface area contributed by atoms with Gasteiger partial charge in [-0.25, -0.2) is 0 Å². The van der Waals surface area contributed by atoms with Gasteiger partial charge in [0.15, 0.2) is 0 Å². The lowest BCUT2D eigenvalue weighted by Gasteiger charge is -2.25. The Hall–Kier alpha value is -2.13. The van der Waals surface area contributed by atoms with E-state index in [-0.39, 0.29) is 18.0 Å². The monoisotopic (exact) mass is 336 g/mol. The Morgan fingerprint density at radius 3 is 2.20 bits per heavy atom. The number of carbonyl (C=O) groups excluding carboxylic acids is 1. The van der Waals surface area contributed by atoms with Gasteiger partial charge in [0.25, 0.3) is 0 Å². The van der Waals surface area contributed by atoms with Crippen LogP contribution < -0.4 is 10.6 Å². The van der Waals surface area contributed by atoms with Crippen molar-refractivity contribution in [2.45, 2.75) is 57.7 Å². The molecule has 2 atom stereocenters. The van der Waals surface area contributed by atoms with Crippen LogP contribution in [0.15, 0.2) is 54.6 Å². The lowest BCUT2D eigenvalue weighted by Crippen LogP contribution is -2.46. The third-order valence-electron chi connectivity index (χ3n) is 5.06. The number of rotatable bonds is 6. The van der Waals surface area contributed by atoms with Crippen LogP contribution in [0, 0.1) is 6.92 Å². The SMILES string of the molecule is Cc1ccc([C@H](N[C@H](C)C(=O)NC2CCCC2)c2ccccc2)cc1. The molecule has 3 rings (SSSR count). The first kappa shape index (κ1) is 17.7. The van der Waals surface area contributed by atoms with Gasteiger partial charge in [0.05, 0.1) is 12.1 Å². The molecule has 1 amide bonds. The Morgan fingerprint density at radius 2 is 1.56 bits per heavy atom. The van der Waals surface area contributed by atoms with Crippen LogP contribution in [0.3, 0.4) is 0 Å². The Morgan fingerprint density at radius 1 is 0.960 bits per heavy atom. The van der Waals surface area contributed by atoms with Crippen LogP contribution in [-0.2, 0) is 4.79 Å². The maximum absolute atomic E-state index is 12.6. The normalized spacial score (nSPS) is 17.2. The molecule has 0 unspecified atom stereocenters. The van der Waals surface area contributed by atoms with E-state index < -0.39 is 0 Å². The largest absolute Gasteiger partial charge is 0.352 e. The molecule has 1 aliphatic carbocycles. The molecule has 0 spiro atoms. The molecule has 0 bridgehead atoms. The van der Waals surface area contributed by atoms with Crippen molar-refractivity contribution in [3.8, 4) is 0 Å². The quantitative estimate of drug-likeness (QED) is 0.833. The molecule has 3 nitrogen and oxygen atoms in total. The summed E-state index contributed by atoms with van der Waals surface area (Å²) in [6.45, 7) is 4.04. The van der Waals surface area contributed by atoms with Crippen molar-refractivity contribution in [3.63, 3.8) is 0 Å². The fourth-order valence-corrected chi connectivity index (χ4v) is 3.51. The first-order valence-corrected chi connectivity index (χ1v) is 9.31. The van der Waals surface area contributed by atoms with E-state index in [4.69, 9.17) is 0 Å². The van der Waals surface area contributed by atoms with E-state index in [9.17, 15) is 4.79 Å². The van der Waals surface area contributed by atoms with Crippen molar-refractivity contribution in [1.29, 1.82) is 0 Å². The van der Waals surface area contributed by atoms with Crippen LogP contribution in [0.1, 0.15) is 55.3 Å². The van der Waals surface area contributed by atoms with E-state index in [1.165, 1.54) is 29.5 Å². The lowest BCUT2D eigenvalue weighted by molar-refractivity contribution is -0.123. The van der Waals surface area contributed by atoms with Gasteiger partial charge < -0.3 is 5.32 Å². The van der Waals surface area contributed by atoms with Gasteiger partial charge in [-0.3, -0.25) is 10.1 Å². The summed E-state index contributed by atoms with van der Waals surface area (Å²) < 4.78 is 0. The highest BCUT2D eigenvalue weighted by atomic mass is 16.2. The molecular formula is C22H28N2O. The molecule has 2 N–H and O–H groups in total. The molecular weight excluding hydrogens is 308 g/mol. The van der Waals surface area contributed by atoms with Gasteiger partial charge in [-0.05, 0) is 37.8 Å². The fourth-order valence-electron chi connectivity index (χ4n) is 3.51. The summed E-state index contributed by atoms with van der Waals surface area (Å²) in [4.78, 5) is 12.6. The fraction of sp³-hybridized carbons (Fsp3) is 0.409. The lowest BCUT2D eigenvalue weighted by atomic mass is 9.97. The topological polar surface area (TPSA) is 41.1 Å². The molecule has 1 saturated carbocycles. The Labute approximate surface area is 150 Å². The molecule has 0 aromatic heterocycles. The number of nitrogens with one attached hydrogen (secondary N) is 2. The number of amides is 1. The summed E-state index contributed by atoms with van der Waals surface area (Å²) in [5.41, 5.74) is 3.59. The predicted octanol–water partition coefficient (Wildman–Crippen LogP) is 4.12. The van der Waals surface area contributed by atoms with Crippen LogP contribution in [0.4, 0.5) is 0 Å². The van der Waals surface area contributed by atoms with Crippen LogP contribution in [0.2, 0.25) is 0 Å². The summed E-state index contributed by atoms with van der Waals surface area (Å²) in [6, 6.07) is 19.0. The van der Waals surface area contributed by atoms with Crippen LogP contribution >= 0.6 is 0 Å². The second-order valence-corrected chi connectivity index (χ2v) is 7.13. The predicted molar refractivity (Wildman–Crippen MR) is 102 cm³/mol. The number of aryl methyl sites for hydroxylation is 1. The van der Waals surface area contributed by atoms with Gasteiger partial charge >= 0.3 is 0 Å². The summed E-state index contributed by atoms with van der Waals surface area (Å²) in [5, 5.41) is 6.73. The summed E-state index contributed by atoms with van der Waals surface area (Å²) >= 11 is 0. The second-order valence-electron chi connectivity index (χ2n) is 7.13. The van der Waals surface area contributed by atoms with Gasteiger partial charge in [-0.1, -0.05) is 73.0 Å². The van der Waals surface area contributed by atoms with Crippen molar-refractivity contribution in [3.05, 3.63) is 71.3 Å². The zero-order chi connectivity index (χ0) is 17.6. The molecule has 2 aromatic rings. The number of carbonyl (C=O) groups is 1. The van der Waals surface area contributed by atoms with E-state index >= 15 is 0 Å². The molecule has 0 aliphatic heterocycles. The van der Waals surface area contributed by atoms with Crippen molar-refractivity contribution >= 4 is 5.91 Å². The third-order valence-corrected chi connectivity index (χ3v) is 5.06. The average Bonchev–Trinajstić information content (AvgIpc) is 3.14. The highest BCUT2D eigenvalue weighted by Gasteiger charge is 2.23. The van der Waals surface area contributed by atoms with Crippen molar-refractivity contribution in [1.82, 2.24) is 10.6 Å². The number of benzene rings is 2. The first-order chi connectivity index (χ1) is 12.1. The Bertz CT molecular complexity index is 675. The molecule has 0 saturated heterocycles. The minimum absolute atomic E-state index is 0.00567. The zero-order valence-corrected chi connectivity index (χ0v) is 15.2. The van der Waals surface area contributed by atoms with Crippen LogP contribution in [0.25, 0.3) is 0 Å². The van der Waals surface area contributed by atoms with Crippen molar-refractivity contribution in [2.75, 3.05) is 0 Å². The van der Waals surface area contributed by atoms with E-state index in [0.717, 1.165) is 12.8 Å². The smallest absolute Gasteiger partial charge is 0.237 e. The average molecular weight is 336 g/mol. The highest BCUT2D eigenvalue weighted by Crippen LogP contribution is 2.23. The first-order valence-electron chi connectivity index (χ1n) is 9.31. The summed E-state index contributed by atoms with van der Waals surface area (Å²) in [7, 11) is 0. The molecule has 3 heteroatoms. The molecule has 0 heterocycles. The standard InChI is InChI=1S/C22H28N2O/c1-16-12-14-19(15-13-16)21(18-8-4-3-5-9-18)23-17(2)22(25)24-20-10-6-7-11-20/h3-5,8-9,12-15,17,20-21,23H,6-7,10-11H2,1-2H3,(H,24,25)/t17-,21-/m1/s1. The summed E-state index contributed by atoms with van der Waals surface area (Å²) in [6.07, 6.45) is 4.67. The second kappa shape index (κ2) is 8.30. The minimum atomic E-state index is -0.243. The van der Waals surface area contributed by atoms with Crippen LogP contribution in [-0.4, -0.2) is 18.0 Å². The van der Waals surface area contributed by atoms with Gasteiger partial charge in [0.1, 0.15) is 0 Å². The molecule has 25 heavy (non-hydrogen) atoms.